The molecular formula is C20H27N5O2. The molecule has 0 saturated carbocycles. The van der Waals surface area contributed by atoms with Gasteiger partial charge in [0.1, 0.15) is 5.75 Å². The van der Waals surface area contributed by atoms with Crippen LogP contribution in [0.5, 0.6) is 5.75 Å². The zero-order valence-corrected chi connectivity index (χ0v) is 16.6. The van der Waals surface area contributed by atoms with E-state index in [1.54, 1.807) is 13.3 Å². The molecule has 1 atom stereocenters. The van der Waals surface area contributed by atoms with Crippen molar-refractivity contribution in [3.63, 3.8) is 0 Å². The predicted molar refractivity (Wildman–Crippen MR) is 107 cm³/mol. The van der Waals surface area contributed by atoms with Crippen LogP contribution in [0.4, 0.5) is 11.6 Å². The molecule has 7 nitrogen and oxygen atoms in total. The van der Waals surface area contributed by atoms with Crippen LogP contribution in [0.3, 0.4) is 0 Å². The summed E-state index contributed by atoms with van der Waals surface area (Å²) in [6.45, 7) is 6.09. The smallest absolute Gasteiger partial charge is 0.257 e. The van der Waals surface area contributed by atoms with Crippen molar-refractivity contribution in [3.8, 4) is 5.75 Å². The van der Waals surface area contributed by atoms with E-state index in [0.717, 1.165) is 24.5 Å². The lowest BCUT2D eigenvalue weighted by atomic mass is 10.1. The second kappa shape index (κ2) is 7.82. The van der Waals surface area contributed by atoms with E-state index >= 15 is 0 Å². The summed E-state index contributed by atoms with van der Waals surface area (Å²) < 4.78 is 5.48. The highest BCUT2D eigenvalue weighted by Crippen LogP contribution is 2.29. The van der Waals surface area contributed by atoms with Gasteiger partial charge in [0.15, 0.2) is 0 Å². The average molecular weight is 369 g/mol. The third-order valence-corrected chi connectivity index (χ3v) is 4.91. The van der Waals surface area contributed by atoms with Crippen LogP contribution in [0.1, 0.15) is 23.0 Å². The lowest BCUT2D eigenvalue weighted by Crippen LogP contribution is -2.54. The van der Waals surface area contributed by atoms with Crippen LogP contribution in [-0.2, 0) is 0 Å². The molecule has 3 rings (SSSR count). The maximum atomic E-state index is 13.1. The fourth-order valence-corrected chi connectivity index (χ4v) is 3.40. The normalized spacial score (nSPS) is 17.0. The summed E-state index contributed by atoms with van der Waals surface area (Å²) in [5.74, 6) is 1.45. The maximum absolute atomic E-state index is 13.1. The van der Waals surface area contributed by atoms with Gasteiger partial charge < -0.3 is 19.4 Å². The lowest BCUT2D eigenvalue weighted by molar-refractivity contribution is 0.0672. The van der Waals surface area contributed by atoms with Gasteiger partial charge in [0.2, 0.25) is 5.95 Å². The summed E-state index contributed by atoms with van der Waals surface area (Å²) in [7, 11) is 5.45. The molecule has 1 aromatic carbocycles. The van der Waals surface area contributed by atoms with Gasteiger partial charge in [-0.15, -0.1) is 0 Å². The number of hydrogen-bond donors (Lipinski definition) is 0. The molecule has 1 aromatic heterocycles. The van der Waals surface area contributed by atoms with Gasteiger partial charge in [0.25, 0.3) is 5.91 Å². The van der Waals surface area contributed by atoms with Gasteiger partial charge in [0, 0.05) is 46.0 Å². The summed E-state index contributed by atoms with van der Waals surface area (Å²) in [6.07, 6.45) is 1.64. The molecule has 1 aliphatic rings. The Labute approximate surface area is 160 Å². The van der Waals surface area contributed by atoms with E-state index < -0.39 is 0 Å². The summed E-state index contributed by atoms with van der Waals surface area (Å²) >= 11 is 0. The Bertz CT molecular complexity index is 824. The fraction of sp³-hybridized carbons (Fsp3) is 0.450. The Morgan fingerprint density at radius 1 is 1.26 bits per heavy atom. The first-order chi connectivity index (χ1) is 12.9. The van der Waals surface area contributed by atoms with E-state index in [1.807, 2.05) is 49.0 Å². The van der Waals surface area contributed by atoms with Crippen molar-refractivity contribution in [1.82, 2.24) is 14.9 Å². The SMILES string of the molecule is COc1ccccc1N1CCN(C(=O)c2cnc(N(C)C)nc2C)C(C)C1. The largest absolute Gasteiger partial charge is 0.495 e. The van der Waals surface area contributed by atoms with Crippen molar-refractivity contribution in [3.05, 3.63) is 41.7 Å². The van der Waals surface area contributed by atoms with Crippen LogP contribution in [0.15, 0.2) is 30.5 Å². The minimum absolute atomic E-state index is 0.00928. The molecular weight excluding hydrogens is 342 g/mol. The van der Waals surface area contributed by atoms with Gasteiger partial charge in [0.05, 0.1) is 24.1 Å². The molecule has 0 N–H and O–H groups in total. The molecule has 2 aromatic rings. The molecule has 0 spiro atoms. The molecule has 1 unspecified atom stereocenters. The number of methoxy groups -OCH3 is 1. The van der Waals surface area contributed by atoms with Gasteiger partial charge in [-0.3, -0.25) is 4.79 Å². The molecule has 0 radical (unpaired) electrons. The van der Waals surface area contributed by atoms with E-state index in [4.69, 9.17) is 4.74 Å². The highest BCUT2D eigenvalue weighted by atomic mass is 16.5. The average Bonchev–Trinajstić information content (AvgIpc) is 2.67. The molecule has 1 amide bonds. The predicted octanol–water partition coefficient (Wildman–Crippen LogP) is 2.21. The monoisotopic (exact) mass is 369 g/mol. The number of anilines is 2. The number of para-hydroxylation sites is 2. The highest BCUT2D eigenvalue weighted by molar-refractivity contribution is 5.95. The number of piperazine rings is 1. The number of hydrogen-bond acceptors (Lipinski definition) is 6. The highest BCUT2D eigenvalue weighted by Gasteiger charge is 2.30. The molecule has 27 heavy (non-hydrogen) atoms. The number of carbonyl (C=O) groups excluding carboxylic acids is 1. The number of carbonyl (C=O) groups is 1. The van der Waals surface area contributed by atoms with Crippen LogP contribution in [-0.4, -0.2) is 67.7 Å². The third-order valence-electron chi connectivity index (χ3n) is 4.91. The van der Waals surface area contributed by atoms with Crippen molar-refractivity contribution in [2.75, 3.05) is 50.6 Å². The second-order valence-electron chi connectivity index (χ2n) is 7.03. The number of rotatable bonds is 4. The summed E-state index contributed by atoms with van der Waals surface area (Å²) in [6, 6.07) is 8.06. The molecule has 1 saturated heterocycles. The Hall–Kier alpha value is -2.83. The van der Waals surface area contributed by atoms with Crippen molar-refractivity contribution in [1.29, 1.82) is 0 Å². The Balaban J connectivity index is 1.76. The molecule has 144 valence electrons. The first-order valence-electron chi connectivity index (χ1n) is 9.12. The van der Waals surface area contributed by atoms with Gasteiger partial charge in [-0.25, -0.2) is 9.97 Å². The summed E-state index contributed by atoms with van der Waals surface area (Å²) in [5, 5.41) is 0. The number of amides is 1. The molecule has 1 aliphatic heterocycles. The molecule has 0 aliphatic carbocycles. The molecule has 2 heterocycles. The maximum Gasteiger partial charge on any atom is 0.257 e. The van der Waals surface area contributed by atoms with E-state index in [9.17, 15) is 4.79 Å². The van der Waals surface area contributed by atoms with Crippen LogP contribution in [0.25, 0.3) is 0 Å². The molecule has 7 heteroatoms. The van der Waals surface area contributed by atoms with Crippen molar-refractivity contribution < 1.29 is 9.53 Å². The van der Waals surface area contributed by atoms with Crippen molar-refractivity contribution in [2.24, 2.45) is 0 Å². The Morgan fingerprint density at radius 2 is 2.00 bits per heavy atom. The topological polar surface area (TPSA) is 61.8 Å². The number of nitrogens with zero attached hydrogens (tertiary/aromatic N) is 5. The van der Waals surface area contributed by atoms with Crippen LogP contribution >= 0.6 is 0 Å². The Kier molecular flexibility index (Phi) is 5.48. The fourth-order valence-electron chi connectivity index (χ4n) is 3.40. The van der Waals surface area contributed by atoms with E-state index in [2.05, 4.69) is 27.9 Å². The van der Waals surface area contributed by atoms with Crippen LogP contribution in [0, 0.1) is 6.92 Å². The standard InChI is InChI=1S/C20H27N5O2/c1-14-13-24(17-8-6-7-9-18(17)27-5)10-11-25(14)19(26)16-12-21-20(23(3)4)22-15(16)2/h6-9,12,14H,10-11,13H2,1-5H3. The number of benzene rings is 1. The quantitative estimate of drug-likeness (QED) is 0.823. The van der Waals surface area contributed by atoms with Gasteiger partial charge in [-0.1, -0.05) is 12.1 Å². The zero-order valence-electron chi connectivity index (χ0n) is 16.6. The minimum atomic E-state index is -0.00928. The summed E-state index contributed by atoms with van der Waals surface area (Å²) in [5.41, 5.74) is 2.34. The first-order valence-corrected chi connectivity index (χ1v) is 9.12. The summed E-state index contributed by atoms with van der Waals surface area (Å²) in [4.78, 5) is 27.8. The molecule has 0 bridgehead atoms. The third kappa shape index (κ3) is 3.82. The van der Waals surface area contributed by atoms with Crippen molar-refractivity contribution in [2.45, 2.75) is 19.9 Å². The Morgan fingerprint density at radius 3 is 2.63 bits per heavy atom. The van der Waals surface area contributed by atoms with Gasteiger partial charge >= 0.3 is 0 Å². The molecule has 1 fully saturated rings. The van der Waals surface area contributed by atoms with E-state index in [-0.39, 0.29) is 11.9 Å². The van der Waals surface area contributed by atoms with Gasteiger partial charge in [-0.05, 0) is 26.0 Å². The minimum Gasteiger partial charge on any atom is -0.495 e. The van der Waals surface area contributed by atoms with E-state index in [0.29, 0.717) is 23.8 Å². The van der Waals surface area contributed by atoms with Crippen molar-refractivity contribution >= 4 is 17.5 Å². The first kappa shape index (κ1) is 18.9. The van der Waals surface area contributed by atoms with Crippen LogP contribution < -0.4 is 14.5 Å². The van der Waals surface area contributed by atoms with E-state index in [1.165, 1.54) is 0 Å². The van der Waals surface area contributed by atoms with Gasteiger partial charge in [-0.2, -0.15) is 0 Å². The second-order valence-corrected chi connectivity index (χ2v) is 7.03. The number of ether oxygens (including phenoxy) is 1. The van der Waals surface area contributed by atoms with Crippen LogP contribution in [0.2, 0.25) is 0 Å². The zero-order chi connectivity index (χ0) is 19.6. The lowest BCUT2D eigenvalue weighted by Gasteiger charge is -2.41. The number of aryl methyl sites for hydroxylation is 1. The number of aromatic nitrogens is 2.